The number of benzene rings is 1. The van der Waals surface area contributed by atoms with Crippen LogP contribution in [0.15, 0.2) is 36.5 Å². The summed E-state index contributed by atoms with van der Waals surface area (Å²) in [6.45, 7) is 11.0. The molecule has 0 saturated carbocycles. The minimum absolute atomic E-state index is 0.401. The van der Waals surface area contributed by atoms with Crippen LogP contribution in [-0.4, -0.2) is 58.0 Å². The second-order valence-corrected chi connectivity index (χ2v) is 7.41. The average Bonchev–Trinajstić information content (AvgIpc) is 3.11. The van der Waals surface area contributed by atoms with Crippen LogP contribution in [-0.2, 0) is 0 Å². The zero-order valence-corrected chi connectivity index (χ0v) is 16.1. The third-order valence-electron chi connectivity index (χ3n) is 5.38. The second-order valence-electron chi connectivity index (χ2n) is 7.41. The summed E-state index contributed by atoms with van der Waals surface area (Å²) in [6, 6.07) is 10.6. The monoisotopic (exact) mass is 363 g/mol. The summed E-state index contributed by atoms with van der Waals surface area (Å²) in [5.74, 6) is 0. The second kappa shape index (κ2) is 7.12. The van der Waals surface area contributed by atoms with Gasteiger partial charge < -0.3 is 4.90 Å². The highest BCUT2D eigenvalue weighted by atomic mass is 16.1. The van der Waals surface area contributed by atoms with E-state index in [4.69, 9.17) is 0 Å². The maximum atomic E-state index is 11.1. The molecule has 0 amide bonds. The van der Waals surface area contributed by atoms with E-state index in [-0.39, 0.29) is 0 Å². The van der Waals surface area contributed by atoms with Gasteiger partial charge in [-0.2, -0.15) is 5.10 Å². The minimum Gasteiger partial charge on any atom is -0.369 e. The molecule has 0 N–H and O–H groups in total. The molecule has 0 unspecified atom stereocenters. The van der Waals surface area contributed by atoms with Crippen molar-refractivity contribution in [1.82, 2.24) is 19.5 Å². The first-order chi connectivity index (χ1) is 13.1. The lowest BCUT2D eigenvalue weighted by Crippen LogP contribution is -2.49. The Morgan fingerprint density at radius 1 is 1.07 bits per heavy atom. The van der Waals surface area contributed by atoms with Gasteiger partial charge >= 0.3 is 0 Å². The first-order valence-corrected chi connectivity index (χ1v) is 9.47. The van der Waals surface area contributed by atoms with Gasteiger partial charge in [-0.15, -0.1) is 0 Å². The van der Waals surface area contributed by atoms with E-state index in [0.717, 1.165) is 49.4 Å². The highest BCUT2D eigenvalue weighted by Crippen LogP contribution is 2.28. The summed E-state index contributed by atoms with van der Waals surface area (Å²) in [5, 5.41) is 4.37. The van der Waals surface area contributed by atoms with Gasteiger partial charge in [0.15, 0.2) is 11.9 Å². The fourth-order valence-corrected chi connectivity index (χ4v) is 3.80. The Morgan fingerprint density at radius 3 is 2.52 bits per heavy atom. The molecule has 6 heteroatoms. The number of carbonyl (C=O) groups excluding carboxylic acids is 1. The van der Waals surface area contributed by atoms with Crippen LogP contribution in [0.2, 0.25) is 0 Å². The zero-order chi connectivity index (χ0) is 19.0. The van der Waals surface area contributed by atoms with Crippen LogP contribution in [0.1, 0.15) is 29.9 Å². The predicted molar refractivity (Wildman–Crippen MR) is 107 cm³/mol. The Labute approximate surface area is 159 Å². The molecule has 3 aromatic rings. The van der Waals surface area contributed by atoms with Crippen molar-refractivity contribution in [3.05, 3.63) is 47.8 Å². The molecule has 0 aliphatic carbocycles. The van der Waals surface area contributed by atoms with Gasteiger partial charge in [0.1, 0.15) is 5.69 Å². The zero-order valence-electron chi connectivity index (χ0n) is 16.1. The molecule has 1 aromatic carbocycles. The third kappa shape index (κ3) is 3.32. The van der Waals surface area contributed by atoms with E-state index in [2.05, 4.69) is 58.9 Å². The molecule has 0 bridgehead atoms. The van der Waals surface area contributed by atoms with Gasteiger partial charge in [-0.05, 0) is 50.6 Å². The molecular weight excluding hydrogens is 338 g/mol. The highest BCUT2D eigenvalue weighted by molar-refractivity contribution is 5.73. The Balaban J connectivity index is 1.62. The van der Waals surface area contributed by atoms with Crippen molar-refractivity contribution < 1.29 is 4.79 Å². The molecule has 1 aliphatic rings. The number of carbonyl (C=O) groups is 1. The number of aldehydes is 1. The minimum atomic E-state index is 0.401. The summed E-state index contributed by atoms with van der Waals surface area (Å²) >= 11 is 0. The van der Waals surface area contributed by atoms with Gasteiger partial charge in [0, 0.05) is 43.5 Å². The first-order valence-electron chi connectivity index (χ1n) is 9.47. The lowest BCUT2D eigenvalue weighted by atomic mass is 10.1. The van der Waals surface area contributed by atoms with E-state index in [1.54, 1.807) is 10.6 Å². The average molecular weight is 363 g/mol. The molecule has 6 nitrogen and oxygen atoms in total. The largest absolute Gasteiger partial charge is 0.369 e. The first kappa shape index (κ1) is 17.7. The maximum absolute atomic E-state index is 11.1. The van der Waals surface area contributed by atoms with Crippen molar-refractivity contribution in [3.63, 3.8) is 0 Å². The molecule has 2 aromatic heterocycles. The van der Waals surface area contributed by atoms with Crippen LogP contribution < -0.4 is 4.90 Å². The molecule has 4 rings (SSSR count). The van der Waals surface area contributed by atoms with Gasteiger partial charge in [0.2, 0.25) is 0 Å². The van der Waals surface area contributed by atoms with E-state index in [1.807, 2.05) is 12.3 Å². The number of hydrogen-bond acceptors (Lipinski definition) is 5. The smallest absolute Gasteiger partial charge is 0.170 e. The van der Waals surface area contributed by atoms with E-state index >= 15 is 0 Å². The Kier molecular flexibility index (Phi) is 4.66. The molecular formula is C21H25N5O. The van der Waals surface area contributed by atoms with Crippen LogP contribution in [0, 0.1) is 6.92 Å². The SMILES string of the molecule is Cc1cc(-c2cnc3ccc(C=O)nn23)ccc1N1CCN(C(C)C)CC1. The van der Waals surface area contributed by atoms with Crippen LogP contribution in [0.25, 0.3) is 16.9 Å². The summed E-state index contributed by atoms with van der Waals surface area (Å²) in [6.07, 6.45) is 2.57. The summed E-state index contributed by atoms with van der Waals surface area (Å²) in [7, 11) is 0. The van der Waals surface area contributed by atoms with E-state index < -0.39 is 0 Å². The van der Waals surface area contributed by atoms with Crippen LogP contribution in [0.5, 0.6) is 0 Å². The van der Waals surface area contributed by atoms with E-state index in [9.17, 15) is 4.79 Å². The number of imidazole rings is 1. The fraction of sp³-hybridized carbons (Fsp3) is 0.381. The highest BCUT2D eigenvalue weighted by Gasteiger charge is 2.20. The van der Waals surface area contributed by atoms with Crippen LogP contribution in [0.4, 0.5) is 5.69 Å². The van der Waals surface area contributed by atoms with E-state index in [1.165, 1.54) is 11.3 Å². The van der Waals surface area contributed by atoms with Crippen LogP contribution >= 0.6 is 0 Å². The quantitative estimate of drug-likeness (QED) is 0.667. The standard InChI is InChI=1S/C21H25N5O/c1-15(2)24-8-10-25(11-9-24)19-6-4-17(12-16(19)3)20-13-22-21-7-5-18(14-27)23-26(20)21/h4-7,12-15H,8-11H2,1-3H3. The number of hydrogen-bond donors (Lipinski definition) is 0. The Bertz CT molecular complexity index is 970. The van der Waals surface area contributed by atoms with Crippen LogP contribution in [0.3, 0.4) is 0 Å². The van der Waals surface area contributed by atoms with Gasteiger partial charge in [-0.25, -0.2) is 9.50 Å². The number of aromatic nitrogens is 3. The number of aryl methyl sites for hydroxylation is 1. The maximum Gasteiger partial charge on any atom is 0.170 e. The summed E-state index contributed by atoms with van der Waals surface area (Å²) in [5.41, 5.74) is 5.62. The number of nitrogens with zero attached hydrogens (tertiary/aromatic N) is 5. The van der Waals surface area contributed by atoms with E-state index in [0.29, 0.717) is 11.7 Å². The van der Waals surface area contributed by atoms with Gasteiger partial charge in [-0.1, -0.05) is 6.07 Å². The molecule has 140 valence electrons. The van der Waals surface area contributed by atoms with Crippen molar-refractivity contribution >= 4 is 17.6 Å². The van der Waals surface area contributed by atoms with Crippen molar-refractivity contribution in [2.45, 2.75) is 26.8 Å². The van der Waals surface area contributed by atoms with Crippen molar-refractivity contribution in [2.75, 3.05) is 31.1 Å². The van der Waals surface area contributed by atoms with Crippen molar-refractivity contribution in [3.8, 4) is 11.3 Å². The van der Waals surface area contributed by atoms with Gasteiger partial charge in [-0.3, -0.25) is 9.69 Å². The number of fused-ring (bicyclic) bond motifs is 1. The lowest BCUT2D eigenvalue weighted by Gasteiger charge is -2.38. The Hall–Kier alpha value is -2.73. The third-order valence-corrected chi connectivity index (χ3v) is 5.38. The summed E-state index contributed by atoms with van der Waals surface area (Å²) in [4.78, 5) is 20.4. The van der Waals surface area contributed by atoms with Crippen molar-refractivity contribution in [1.29, 1.82) is 0 Å². The molecule has 27 heavy (non-hydrogen) atoms. The Morgan fingerprint density at radius 2 is 1.85 bits per heavy atom. The topological polar surface area (TPSA) is 53.7 Å². The molecule has 0 radical (unpaired) electrons. The molecule has 1 saturated heterocycles. The molecule has 1 aliphatic heterocycles. The molecule has 0 spiro atoms. The van der Waals surface area contributed by atoms with Gasteiger partial charge in [0.05, 0.1) is 11.9 Å². The lowest BCUT2D eigenvalue weighted by molar-refractivity contribution is 0.111. The predicted octanol–water partition coefficient (Wildman–Crippen LogP) is 3.05. The van der Waals surface area contributed by atoms with Crippen molar-refractivity contribution in [2.24, 2.45) is 0 Å². The number of piperazine rings is 1. The normalized spacial score (nSPS) is 15.6. The van der Waals surface area contributed by atoms with Gasteiger partial charge in [0.25, 0.3) is 0 Å². The number of anilines is 1. The number of rotatable bonds is 4. The molecule has 3 heterocycles. The molecule has 1 fully saturated rings. The summed E-state index contributed by atoms with van der Waals surface area (Å²) < 4.78 is 1.74. The molecule has 0 atom stereocenters. The fourth-order valence-electron chi connectivity index (χ4n) is 3.80.